The van der Waals surface area contributed by atoms with Gasteiger partial charge in [-0.25, -0.2) is 0 Å². The molecule has 4 aromatic rings. The van der Waals surface area contributed by atoms with Crippen LogP contribution in [0.2, 0.25) is 0 Å². The van der Waals surface area contributed by atoms with Gasteiger partial charge in [0.05, 0.1) is 16.5 Å². The second-order valence-electron chi connectivity index (χ2n) is 6.98. The van der Waals surface area contributed by atoms with Crippen LogP contribution in [-0.2, 0) is 11.3 Å². The highest BCUT2D eigenvalue weighted by Gasteiger charge is 2.25. The summed E-state index contributed by atoms with van der Waals surface area (Å²) in [6.45, 7) is 2.25. The molecular weight excluding hydrogens is 364 g/mol. The third-order valence-corrected chi connectivity index (χ3v) is 5.15. The average Bonchev–Trinajstić information content (AvgIpc) is 3.01. The number of phenols is 1. The molecule has 29 heavy (non-hydrogen) atoms. The van der Waals surface area contributed by atoms with Crippen LogP contribution in [0.5, 0.6) is 5.75 Å². The molecule has 1 amide bonds. The Balaban J connectivity index is 1.84. The predicted octanol–water partition coefficient (Wildman–Crippen LogP) is 4.04. The van der Waals surface area contributed by atoms with E-state index in [4.69, 9.17) is 5.73 Å². The predicted molar refractivity (Wildman–Crippen MR) is 113 cm³/mol. The molecule has 0 aliphatic heterocycles. The maximum atomic E-state index is 12.4. The number of nitrogens with zero attached hydrogens (tertiary/aromatic N) is 1. The van der Waals surface area contributed by atoms with E-state index in [1.54, 1.807) is 13.0 Å². The number of fused-ring (bicyclic) bond motifs is 1. The van der Waals surface area contributed by atoms with Gasteiger partial charge in [-0.05, 0) is 41.8 Å². The van der Waals surface area contributed by atoms with Crippen LogP contribution in [0.3, 0.4) is 0 Å². The van der Waals surface area contributed by atoms with E-state index >= 15 is 0 Å². The van der Waals surface area contributed by atoms with E-state index in [2.05, 4.69) is 18.2 Å². The summed E-state index contributed by atoms with van der Waals surface area (Å²) >= 11 is 0. The summed E-state index contributed by atoms with van der Waals surface area (Å²) in [6.07, 6.45) is 0. The number of aromatic nitrogens is 1. The summed E-state index contributed by atoms with van der Waals surface area (Å²) in [4.78, 5) is 24.0. The first-order valence-electron chi connectivity index (χ1n) is 9.26. The van der Waals surface area contributed by atoms with Crippen molar-refractivity contribution in [2.75, 3.05) is 0 Å². The first-order valence-corrected chi connectivity index (χ1v) is 9.26. The van der Waals surface area contributed by atoms with Crippen LogP contribution in [0, 0.1) is 6.92 Å². The molecule has 0 radical (unpaired) electrons. The van der Waals surface area contributed by atoms with Gasteiger partial charge in [0.1, 0.15) is 5.75 Å². The van der Waals surface area contributed by atoms with Gasteiger partial charge < -0.3 is 15.4 Å². The number of hydrogen-bond acceptors (Lipinski definition) is 3. The van der Waals surface area contributed by atoms with Gasteiger partial charge in [0, 0.05) is 12.2 Å². The molecule has 4 rings (SSSR count). The summed E-state index contributed by atoms with van der Waals surface area (Å²) < 4.78 is 1.93. The molecular formula is C24H20N2O3. The molecule has 5 nitrogen and oxygen atoms in total. The number of Topliss-reactive ketones (excluding diaryl/α,β-unsaturated/α-hetero) is 1. The molecule has 0 aliphatic rings. The molecule has 0 bridgehead atoms. The number of ketones is 1. The van der Waals surface area contributed by atoms with Gasteiger partial charge in [-0.15, -0.1) is 0 Å². The second-order valence-corrected chi connectivity index (χ2v) is 6.98. The highest BCUT2D eigenvalue weighted by Crippen LogP contribution is 2.34. The lowest BCUT2D eigenvalue weighted by Gasteiger charge is -2.11. The van der Waals surface area contributed by atoms with Gasteiger partial charge in [-0.2, -0.15) is 0 Å². The van der Waals surface area contributed by atoms with Gasteiger partial charge in [0.2, 0.25) is 0 Å². The first-order chi connectivity index (χ1) is 14.0. The zero-order valence-corrected chi connectivity index (χ0v) is 15.9. The quantitative estimate of drug-likeness (QED) is 0.402. The molecule has 0 spiro atoms. The molecule has 0 unspecified atom stereocenters. The largest absolute Gasteiger partial charge is 0.507 e. The number of primary amides is 1. The Labute approximate surface area is 168 Å². The minimum absolute atomic E-state index is 0.0491. The minimum atomic E-state index is -1.04. The van der Waals surface area contributed by atoms with Crippen LogP contribution in [0.25, 0.3) is 22.0 Å². The third kappa shape index (κ3) is 3.27. The van der Waals surface area contributed by atoms with Crippen molar-refractivity contribution < 1.29 is 14.7 Å². The Kier molecular flexibility index (Phi) is 4.64. The zero-order chi connectivity index (χ0) is 20.5. The Hall–Kier alpha value is -3.86. The van der Waals surface area contributed by atoms with Crippen LogP contribution in [-0.4, -0.2) is 21.4 Å². The number of amides is 1. The molecule has 0 fully saturated rings. The molecule has 3 aromatic carbocycles. The topological polar surface area (TPSA) is 85.3 Å². The van der Waals surface area contributed by atoms with Gasteiger partial charge in [-0.3, -0.25) is 9.59 Å². The van der Waals surface area contributed by atoms with Crippen molar-refractivity contribution in [3.63, 3.8) is 0 Å². The third-order valence-electron chi connectivity index (χ3n) is 5.15. The monoisotopic (exact) mass is 384 g/mol. The zero-order valence-electron chi connectivity index (χ0n) is 15.9. The van der Waals surface area contributed by atoms with Gasteiger partial charge in [-0.1, -0.05) is 54.6 Å². The van der Waals surface area contributed by atoms with Gasteiger partial charge >= 0.3 is 0 Å². The molecule has 1 heterocycles. The molecule has 5 heteroatoms. The van der Waals surface area contributed by atoms with Crippen LogP contribution in [0.1, 0.15) is 21.6 Å². The number of hydrogen-bond donors (Lipinski definition) is 2. The van der Waals surface area contributed by atoms with Crippen LogP contribution < -0.4 is 5.73 Å². The maximum Gasteiger partial charge on any atom is 0.289 e. The number of phenolic OH excluding ortho intramolecular Hbond substituents is 1. The average molecular weight is 384 g/mol. The molecule has 0 saturated carbocycles. The normalized spacial score (nSPS) is 10.9. The van der Waals surface area contributed by atoms with Crippen molar-refractivity contribution in [1.82, 2.24) is 4.57 Å². The lowest BCUT2D eigenvalue weighted by molar-refractivity contribution is -0.114. The number of rotatable bonds is 5. The second kappa shape index (κ2) is 7.28. The van der Waals surface area contributed by atoms with E-state index in [1.165, 1.54) is 6.07 Å². The van der Waals surface area contributed by atoms with E-state index < -0.39 is 11.7 Å². The summed E-state index contributed by atoms with van der Waals surface area (Å²) in [5.41, 5.74) is 9.92. The van der Waals surface area contributed by atoms with Crippen LogP contribution in [0.15, 0.2) is 72.8 Å². The molecule has 0 atom stereocenters. The summed E-state index contributed by atoms with van der Waals surface area (Å²) in [7, 11) is 0. The number of nitrogens with two attached hydrogens (primary N) is 1. The van der Waals surface area contributed by atoms with E-state index in [0.29, 0.717) is 23.1 Å². The Morgan fingerprint density at radius 3 is 2.34 bits per heavy atom. The molecule has 144 valence electrons. The van der Waals surface area contributed by atoms with Gasteiger partial charge in [0.15, 0.2) is 0 Å². The van der Waals surface area contributed by atoms with Crippen molar-refractivity contribution in [3.05, 3.63) is 89.6 Å². The van der Waals surface area contributed by atoms with Crippen LogP contribution >= 0.6 is 0 Å². The van der Waals surface area contributed by atoms with Crippen molar-refractivity contribution >= 4 is 22.6 Å². The Morgan fingerprint density at radius 2 is 1.62 bits per heavy atom. The summed E-state index contributed by atoms with van der Waals surface area (Å²) in [5.74, 6) is -1.89. The minimum Gasteiger partial charge on any atom is -0.507 e. The maximum absolute atomic E-state index is 12.4. The van der Waals surface area contributed by atoms with Gasteiger partial charge in [0.25, 0.3) is 11.7 Å². The lowest BCUT2D eigenvalue weighted by Crippen LogP contribution is -2.23. The first kappa shape index (κ1) is 18.5. The van der Waals surface area contributed by atoms with E-state index in [9.17, 15) is 14.7 Å². The summed E-state index contributed by atoms with van der Waals surface area (Å²) in [5, 5.41) is 10.7. The fourth-order valence-electron chi connectivity index (χ4n) is 3.77. The molecule has 1 aromatic heterocycles. The molecule has 0 saturated heterocycles. The highest BCUT2D eigenvalue weighted by atomic mass is 16.3. The summed E-state index contributed by atoms with van der Waals surface area (Å²) in [6, 6.07) is 23.3. The SMILES string of the molecule is Cc1c(C(=O)C(N)=O)c2c(O)cccc2n1Cc1cccc(-c2ccccc2)c1. The highest BCUT2D eigenvalue weighted by molar-refractivity contribution is 6.45. The number of carbonyl (C=O) groups is 2. The standard InChI is InChI=1S/C24H20N2O3/c1-15-21(23(28)24(25)29)22-19(11-6-12-20(22)27)26(15)14-16-7-5-10-18(13-16)17-8-3-2-4-9-17/h2-13,27H,14H2,1H3,(H2,25,29). The van der Waals surface area contributed by atoms with Crippen LogP contribution in [0.4, 0.5) is 0 Å². The van der Waals surface area contributed by atoms with Crippen molar-refractivity contribution in [2.24, 2.45) is 5.73 Å². The fourth-order valence-corrected chi connectivity index (χ4v) is 3.77. The lowest BCUT2D eigenvalue weighted by atomic mass is 10.0. The fraction of sp³-hybridized carbons (Fsp3) is 0.0833. The number of carbonyl (C=O) groups excluding carboxylic acids is 2. The number of aromatic hydroxyl groups is 1. The van der Waals surface area contributed by atoms with E-state index in [-0.39, 0.29) is 11.3 Å². The Morgan fingerprint density at radius 1 is 0.931 bits per heavy atom. The van der Waals surface area contributed by atoms with Crippen molar-refractivity contribution in [3.8, 4) is 16.9 Å². The van der Waals surface area contributed by atoms with E-state index in [1.807, 2.05) is 47.0 Å². The van der Waals surface area contributed by atoms with Crippen molar-refractivity contribution in [2.45, 2.75) is 13.5 Å². The Bertz CT molecular complexity index is 1240. The molecule has 0 aliphatic carbocycles. The number of benzene rings is 3. The molecule has 3 N–H and O–H groups in total. The van der Waals surface area contributed by atoms with E-state index in [0.717, 1.165) is 16.7 Å². The van der Waals surface area contributed by atoms with Crippen molar-refractivity contribution in [1.29, 1.82) is 0 Å². The smallest absolute Gasteiger partial charge is 0.289 e.